The van der Waals surface area contributed by atoms with Gasteiger partial charge in [-0.25, -0.2) is 9.97 Å². The first-order valence-corrected chi connectivity index (χ1v) is 7.94. The monoisotopic (exact) mass is 328 g/mol. The van der Waals surface area contributed by atoms with Crippen molar-refractivity contribution in [3.05, 3.63) is 72.1 Å². The van der Waals surface area contributed by atoms with Crippen LogP contribution in [0, 0.1) is 6.92 Å². The average molecular weight is 328 g/mol. The zero-order valence-corrected chi connectivity index (χ0v) is 13.7. The number of benzene rings is 3. The molecule has 0 aliphatic heterocycles. The van der Waals surface area contributed by atoms with E-state index in [2.05, 4.69) is 15.3 Å². The number of nitrogens with two attached hydrogens (primary N) is 1. The SMILES string of the molecule is Cc1ccc2ccccc2c1NC(=O)c1cccc2c(N)ncnc12. The van der Waals surface area contributed by atoms with Gasteiger partial charge in [-0.05, 0) is 30.0 Å². The zero-order valence-electron chi connectivity index (χ0n) is 13.7. The van der Waals surface area contributed by atoms with E-state index in [1.165, 1.54) is 6.33 Å². The topological polar surface area (TPSA) is 80.9 Å². The van der Waals surface area contributed by atoms with Gasteiger partial charge in [-0.2, -0.15) is 0 Å². The molecule has 0 aliphatic carbocycles. The lowest BCUT2D eigenvalue weighted by Crippen LogP contribution is -2.14. The third-order valence-corrected chi connectivity index (χ3v) is 4.32. The van der Waals surface area contributed by atoms with E-state index < -0.39 is 0 Å². The fourth-order valence-electron chi connectivity index (χ4n) is 3.02. The Bertz CT molecular complexity index is 1120. The Hall–Kier alpha value is -3.47. The van der Waals surface area contributed by atoms with E-state index in [1.54, 1.807) is 12.1 Å². The number of hydrogen-bond acceptors (Lipinski definition) is 4. The summed E-state index contributed by atoms with van der Waals surface area (Å²) < 4.78 is 0. The molecule has 3 aromatic carbocycles. The van der Waals surface area contributed by atoms with Crippen LogP contribution in [-0.2, 0) is 0 Å². The number of aromatic nitrogens is 2. The highest BCUT2D eigenvalue weighted by molar-refractivity contribution is 6.15. The molecule has 5 heteroatoms. The minimum Gasteiger partial charge on any atom is -0.383 e. The molecule has 1 amide bonds. The van der Waals surface area contributed by atoms with Crippen molar-refractivity contribution in [2.24, 2.45) is 0 Å². The fourth-order valence-corrected chi connectivity index (χ4v) is 3.02. The molecule has 3 N–H and O–H groups in total. The number of hydrogen-bond donors (Lipinski definition) is 2. The summed E-state index contributed by atoms with van der Waals surface area (Å²) in [6.45, 7) is 1.98. The Morgan fingerprint density at radius 2 is 1.76 bits per heavy atom. The normalized spacial score (nSPS) is 10.9. The Morgan fingerprint density at radius 1 is 0.960 bits per heavy atom. The number of nitrogens with one attached hydrogen (secondary N) is 1. The third kappa shape index (κ3) is 2.55. The Kier molecular flexibility index (Phi) is 3.54. The summed E-state index contributed by atoms with van der Waals surface area (Å²) in [7, 11) is 0. The van der Waals surface area contributed by atoms with Gasteiger partial charge in [0.2, 0.25) is 0 Å². The molecule has 0 fully saturated rings. The second-order valence-electron chi connectivity index (χ2n) is 5.89. The van der Waals surface area contributed by atoms with Gasteiger partial charge in [0.25, 0.3) is 5.91 Å². The maximum atomic E-state index is 12.9. The van der Waals surface area contributed by atoms with Crippen LogP contribution in [0.1, 0.15) is 15.9 Å². The quantitative estimate of drug-likeness (QED) is 0.584. The van der Waals surface area contributed by atoms with Crippen molar-refractivity contribution < 1.29 is 4.79 Å². The first kappa shape index (κ1) is 15.1. The second-order valence-corrected chi connectivity index (χ2v) is 5.89. The first-order valence-electron chi connectivity index (χ1n) is 7.94. The van der Waals surface area contributed by atoms with Crippen LogP contribution in [0.2, 0.25) is 0 Å². The fraction of sp³-hybridized carbons (Fsp3) is 0.0500. The number of carbonyl (C=O) groups is 1. The smallest absolute Gasteiger partial charge is 0.257 e. The Balaban J connectivity index is 1.82. The number of fused-ring (bicyclic) bond motifs is 2. The Labute approximate surface area is 144 Å². The highest BCUT2D eigenvalue weighted by Crippen LogP contribution is 2.28. The molecule has 25 heavy (non-hydrogen) atoms. The molecular formula is C20H16N4O. The summed E-state index contributed by atoms with van der Waals surface area (Å²) in [6, 6.07) is 17.4. The summed E-state index contributed by atoms with van der Waals surface area (Å²) in [5.74, 6) is 0.143. The molecule has 0 saturated heterocycles. The Morgan fingerprint density at radius 3 is 2.64 bits per heavy atom. The molecule has 4 rings (SSSR count). The summed E-state index contributed by atoms with van der Waals surface area (Å²) in [6.07, 6.45) is 1.37. The summed E-state index contributed by atoms with van der Waals surface area (Å²) in [5, 5.41) is 5.79. The molecule has 0 unspecified atom stereocenters. The van der Waals surface area contributed by atoms with Crippen LogP contribution in [0.25, 0.3) is 21.7 Å². The number of nitrogen functional groups attached to an aromatic ring is 1. The first-order chi connectivity index (χ1) is 12.1. The van der Waals surface area contributed by atoms with Crippen molar-refractivity contribution in [1.82, 2.24) is 9.97 Å². The number of carbonyl (C=O) groups excluding carboxylic acids is 1. The van der Waals surface area contributed by atoms with E-state index in [1.807, 2.05) is 49.4 Å². The van der Waals surface area contributed by atoms with Crippen molar-refractivity contribution in [2.75, 3.05) is 11.1 Å². The van der Waals surface area contributed by atoms with Crippen molar-refractivity contribution in [2.45, 2.75) is 6.92 Å². The minimum atomic E-state index is -0.219. The standard InChI is InChI=1S/C20H16N4O/c1-12-9-10-13-5-2-3-6-14(13)17(12)24-20(25)16-8-4-7-15-18(16)22-11-23-19(15)21/h2-11H,1H3,(H,24,25)(H2,21,22,23). The van der Waals surface area contributed by atoms with Crippen molar-refractivity contribution in [3.8, 4) is 0 Å². The number of para-hydroxylation sites is 1. The molecule has 1 heterocycles. The van der Waals surface area contributed by atoms with Crippen molar-refractivity contribution in [3.63, 3.8) is 0 Å². The summed E-state index contributed by atoms with van der Waals surface area (Å²) in [5.41, 5.74) is 8.72. The maximum absolute atomic E-state index is 12.9. The molecule has 1 aromatic heterocycles. The lowest BCUT2D eigenvalue weighted by atomic mass is 10.0. The van der Waals surface area contributed by atoms with Crippen LogP contribution in [0.5, 0.6) is 0 Å². The molecule has 0 saturated carbocycles. The van der Waals surface area contributed by atoms with E-state index in [9.17, 15) is 4.79 Å². The molecular weight excluding hydrogens is 312 g/mol. The summed E-state index contributed by atoms with van der Waals surface area (Å²) >= 11 is 0. The van der Waals surface area contributed by atoms with Gasteiger partial charge in [-0.15, -0.1) is 0 Å². The van der Waals surface area contributed by atoms with E-state index in [-0.39, 0.29) is 5.91 Å². The molecule has 4 aromatic rings. The van der Waals surface area contributed by atoms with Crippen LogP contribution < -0.4 is 11.1 Å². The predicted molar refractivity (Wildman–Crippen MR) is 101 cm³/mol. The van der Waals surface area contributed by atoms with E-state index >= 15 is 0 Å². The number of nitrogens with zero attached hydrogens (tertiary/aromatic N) is 2. The zero-order chi connectivity index (χ0) is 17.4. The number of aryl methyl sites for hydroxylation is 1. The predicted octanol–water partition coefficient (Wildman–Crippen LogP) is 3.93. The van der Waals surface area contributed by atoms with Crippen molar-refractivity contribution >= 4 is 39.1 Å². The van der Waals surface area contributed by atoms with Crippen LogP contribution in [-0.4, -0.2) is 15.9 Å². The van der Waals surface area contributed by atoms with E-state index in [4.69, 9.17) is 5.73 Å². The van der Waals surface area contributed by atoms with E-state index in [0.717, 1.165) is 22.0 Å². The van der Waals surface area contributed by atoms with Gasteiger partial charge in [-0.1, -0.05) is 42.5 Å². The number of anilines is 2. The molecule has 0 spiro atoms. The van der Waals surface area contributed by atoms with Crippen LogP contribution >= 0.6 is 0 Å². The van der Waals surface area contributed by atoms with Gasteiger partial charge < -0.3 is 11.1 Å². The van der Waals surface area contributed by atoms with Gasteiger partial charge in [0.15, 0.2) is 0 Å². The van der Waals surface area contributed by atoms with Gasteiger partial charge >= 0.3 is 0 Å². The lowest BCUT2D eigenvalue weighted by molar-refractivity contribution is 0.102. The average Bonchev–Trinajstić information content (AvgIpc) is 2.64. The summed E-state index contributed by atoms with van der Waals surface area (Å²) in [4.78, 5) is 21.1. The van der Waals surface area contributed by atoms with Crippen LogP contribution in [0.4, 0.5) is 11.5 Å². The van der Waals surface area contributed by atoms with Gasteiger partial charge in [0.1, 0.15) is 12.1 Å². The largest absolute Gasteiger partial charge is 0.383 e. The highest BCUT2D eigenvalue weighted by Gasteiger charge is 2.15. The minimum absolute atomic E-state index is 0.219. The third-order valence-electron chi connectivity index (χ3n) is 4.32. The van der Waals surface area contributed by atoms with E-state index in [0.29, 0.717) is 22.3 Å². The van der Waals surface area contributed by atoms with Crippen molar-refractivity contribution in [1.29, 1.82) is 0 Å². The maximum Gasteiger partial charge on any atom is 0.257 e. The molecule has 0 bridgehead atoms. The van der Waals surface area contributed by atoms with Gasteiger partial charge in [0.05, 0.1) is 16.8 Å². The molecule has 0 aliphatic rings. The highest BCUT2D eigenvalue weighted by atomic mass is 16.1. The van der Waals surface area contributed by atoms with Crippen LogP contribution in [0.3, 0.4) is 0 Å². The van der Waals surface area contributed by atoms with Crippen LogP contribution in [0.15, 0.2) is 60.9 Å². The molecule has 122 valence electrons. The second kappa shape index (κ2) is 5.87. The molecule has 0 atom stereocenters. The van der Waals surface area contributed by atoms with Gasteiger partial charge in [0, 0.05) is 10.8 Å². The number of amides is 1. The van der Waals surface area contributed by atoms with Gasteiger partial charge in [-0.3, -0.25) is 4.79 Å². The molecule has 0 radical (unpaired) electrons. The molecule has 5 nitrogen and oxygen atoms in total. The lowest BCUT2D eigenvalue weighted by Gasteiger charge is -2.13. The number of rotatable bonds is 2.